The third kappa shape index (κ3) is 3.83. The van der Waals surface area contributed by atoms with Crippen LogP contribution in [-0.4, -0.2) is 29.2 Å². The molecule has 8 nitrogen and oxygen atoms in total. The first-order valence-corrected chi connectivity index (χ1v) is 8.76. The summed E-state index contributed by atoms with van der Waals surface area (Å²) in [4.78, 5) is 13.4. The largest absolute Gasteiger partial charge is 0.390 e. The predicted octanol–water partition coefficient (Wildman–Crippen LogP) is 2.15. The Morgan fingerprint density at radius 1 is 1.42 bits per heavy atom. The molecule has 130 valence electrons. The molecule has 1 heterocycles. The molecule has 0 atom stereocenters. The third-order valence-corrected chi connectivity index (χ3v) is 5.20. The highest BCUT2D eigenvalue weighted by Crippen LogP contribution is 2.30. The number of nitrogens with one attached hydrogen (secondary N) is 1. The molecule has 0 fully saturated rings. The number of aliphatic hydroxyl groups is 1. The fraction of sp³-hybridized carbons (Fsp3) is 0.250. The fourth-order valence-corrected chi connectivity index (χ4v) is 3.23. The van der Waals surface area contributed by atoms with Crippen LogP contribution in [0.1, 0.15) is 10.7 Å². The first kappa shape index (κ1) is 18.2. The molecule has 24 heavy (non-hydrogen) atoms. The smallest absolute Gasteiger partial charge is 0.341 e. The van der Waals surface area contributed by atoms with Crippen molar-refractivity contribution in [2.75, 3.05) is 5.32 Å². The zero-order chi connectivity index (χ0) is 17.9. The van der Waals surface area contributed by atoms with Gasteiger partial charge in [0.2, 0.25) is 9.84 Å². The molecule has 0 radical (unpaired) electrons. The summed E-state index contributed by atoms with van der Waals surface area (Å²) in [5, 5.41) is 24.8. The molecule has 0 spiro atoms. The number of sulfone groups is 1. The lowest BCUT2D eigenvalue weighted by molar-refractivity contribution is -0.384. The predicted molar refractivity (Wildman–Crippen MR) is 81.6 cm³/mol. The molecule has 1 aromatic heterocycles. The number of aliphatic hydroxyl groups excluding tert-OH is 1. The van der Waals surface area contributed by atoms with Gasteiger partial charge in [-0.05, 0) is 12.1 Å². The number of benzene rings is 1. The summed E-state index contributed by atoms with van der Waals surface area (Å²) in [5.41, 5.74) is -0.227. The number of rotatable bonds is 7. The second kappa shape index (κ2) is 7.15. The zero-order valence-corrected chi connectivity index (χ0v) is 13.5. The average Bonchev–Trinajstić information content (AvgIpc) is 3.00. The van der Waals surface area contributed by atoms with E-state index in [1.54, 1.807) is 5.38 Å². The minimum Gasteiger partial charge on any atom is -0.390 e. The molecular formula is C12H11F2N3O5S2. The lowest BCUT2D eigenvalue weighted by atomic mass is 10.2. The highest BCUT2D eigenvalue weighted by atomic mass is 32.2. The van der Waals surface area contributed by atoms with Crippen molar-refractivity contribution in [2.24, 2.45) is 0 Å². The monoisotopic (exact) mass is 379 g/mol. The number of hydrogen-bond acceptors (Lipinski definition) is 8. The number of aromatic nitrogens is 1. The molecule has 12 heteroatoms. The Morgan fingerprint density at radius 2 is 2.12 bits per heavy atom. The van der Waals surface area contributed by atoms with Crippen molar-refractivity contribution < 1.29 is 27.2 Å². The first-order chi connectivity index (χ1) is 11.3. The Kier molecular flexibility index (Phi) is 5.41. The normalized spacial score (nSPS) is 11.7. The second-order valence-electron chi connectivity index (χ2n) is 4.49. The van der Waals surface area contributed by atoms with E-state index in [1.807, 2.05) is 0 Å². The van der Waals surface area contributed by atoms with Crippen molar-refractivity contribution in [1.29, 1.82) is 0 Å². The summed E-state index contributed by atoms with van der Waals surface area (Å²) in [7, 11) is -4.92. The van der Waals surface area contributed by atoms with Crippen LogP contribution >= 0.6 is 11.3 Å². The Morgan fingerprint density at radius 3 is 2.67 bits per heavy atom. The van der Waals surface area contributed by atoms with Gasteiger partial charge in [-0.1, -0.05) is 0 Å². The number of alkyl halides is 2. The third-order valence-electron chi connectivity index (χ3n) is 2.92. The lowest BCUT2D eigenvalue weighted by Gasteiger charge is -2.08. The van der Waals surface area contributed by atoms with Crippen molar-refractivity contribution in [3.63, 3.8) is 0 Å². The van der Waals surface area contributed by atoms with E-state index in [1.165, 1.54) is 11.3 Å². The van der Waals surface area contributed by atoms with Crippen LogP contribution < -0.4 is 5.32 Å². The molecule has 2 aromatic rings. The van der Waals surface area contributed by atoms with Crippen LogP contribution in [-0.2, 0) is 23.0 Å². The molecule has 0 saturated heterocycles. The number of halogens is 2. The van der Waals surface area contributed by atoms with Crippen molar-refractivity contribution in [3.8, 4) is 0 Å². The molecule has 0 aliphatic rings. The van der Waals surface area contributed by atoms with Crippen molar-refractivity contribution in [3.05, 3.63) is 44.4 Å². The van der Waals surface area contributed by atoms with Crippen LogP contribution in [0.4, 0.5) is 20.2 Å². The van der Waals surface area contributed by atoms with E-state index in [-0.39, 0.29) is 18.8 Å². The fourth-order valence-electron chi connectivity index (χ4n) is 1.77. The zero-order valence-electron chi connectivity index (χ0n) is 11.8. The molecule has 1 aromatic carbocycles. The molecular weight excluding hydrogens is 368 g/mol. The van der Waals surface area contributed by atoms with Gasteiger partial charge in [0.15, 0.2) is 0 Å². The Balaban J connectivity index is 2.28. The number of thiazole rings is 1. The van der Waals surface area contributed by atoms with Gasteiger partial charge in [-0.25, -0.2) is 13.4 Å². The van der Waals surface area contributed by atoms with E-state index < -0.39 is 31.1 Å². The Bertz CT molecular complexity index is 854. The lowest BCUT2D eigenvalue weighted by Crippen LogP contribution is -2.12. The van der Waals surface area contributed by atoms with Crippen LogP contribution in [0.15, 0.2) is 28.5 Å². The van der Waals surface area contributed by atoms with E-state index in [9.17, 15) is 27.3 Å². The Labute approximate surface area is 138 Å². The van der Waals surface area contributed by atoms with Crippen molar-refractivity contribution in [2.45, 2.75) is 23.8 Å². The number of nitrogens with zero attached hydrogens (tertiary/aromatic N) is 2. The highest BCUT2D eigenvalue weighted by molar-refractivity contribution is 7.91. The number of nitro benzene ring substituents is 1. The molecule has 0 bridgehead atoms. The summed E-state index contributed by atoms with van der Waals surface area (Å²) in [6.07, 6.45) is 0. The molecule has 0 aliphatic heterocycles. The summed E-state index contributed by atoms with van der Waals surface area (Å²) in [6.45, 7) is -0.150. The number of anilines is 1. The summed E-state index contributed by atoms with van der Waals surface area (Å²) in [6, 6.07) is 2.51. The Hall–Kier alpha value is -2.18. The SMILES string of the molecule is O=[N+]([O-])c1cc(S(=O)(=O)C(F)F)ccc1NCc1nc(CO)cs1. The molecule has 0 amide bonds. The van der Waals surface area contributed by atoms with Gasteiger partial charge in [0.05, 0.1) is 28.7 Å². The van der Waals surface area contributed by atoms with E-state index in [0.717, 1.165) is 12.1 Å². The molecule has 0 aliphatic carbocycles. The minimum absolute atomic E-state index is 0.0334. The van der Waals surface area contributed by atoms with Crippen LogP contribution in [0.25, 0.3) is 0 Å². The van der Waals surface area contributed by atoms with Crippen molar-refractivity contribution in [1.82, 2.24) is 4.98 Å². The van der Waals surface area contributed by atoms with Gasteiger partial charge in [-0.2, -0.15) is 8.78 Å². The minimum atomic E-state index is -4.92. The standard InChI is InChI=1S/C12H11F2N3O5S2/c13-12(14)24(21,22)8-1-2-9(10(3-8)17(19)20)15-4-11-16-7(5-18)6-23-11/h1-3,6,12,15,18H,4-5H2. The van der Waals surface area contributed by atoms with Gasteiger partial charge in [0, 0.05) is 11.4 Å². The molecule has 0 unspecified atom stereocenters. The first-order valence-electron chi connectivity index (χ1n) is 6.34. The topological polar surface area (TPSA) is 122 Å². The molecule has 2 rings (SSSR count). The van der Waals surface area contributed by atoms with E-state index >= 15 is 0 Å². The summed E-state index contributed by atoms with van der Waals surface area (Å²) >= 11 is 1.22. The highest BCUT2D eigenvalue weighted by Gasteiger charge is 2.29. The quantitative estimate of drug-likeness (QED) is 0.558. The van der Waals surface area contributed by atoms with E-state index in [4.69, 9.17) is 5.11 Å². The van der Waals surface area contributed by atoms with Gasteiger partial charge in [0.1, 0.15) is 10.7 Å². The molecule has 0 saturated carbocycles. The van der Waals surface area contributed by atoms with Gasteiger partial charge < -0.3 is 10.4 Å². The van der Waals surface area contributed by atoms with E-state index in [0.29, 0.717) is 16.8 Å². The number of hydrogen-bond donors (Lipinski definition) is 2. The summed E-state index contributed by atoms with van der Waals surface area (Å²) < 4.78 is 47.9. The van der Waals surface area contributed by atoms with Crippen molar-refractivity contribution >= 4 is 32.5 Å². The second-order valence-corrected chi connectivity index (χ2v) is 7.35. The van der Waals surface area contributed by atoms with Gasteiger partial charge in [-0.15, -0.1) is 11.3 Å². The average molecular weight is 379 g/mol. The van der Waals surface area contributed by atoms with Gasteiger partial charge >= 0.3 is 5.76 Å². The van der Waals surface area contributed by atoms with Gasteiger partial charge in [-0.3, -0.25) is 10.1 Å². The van der Waals surface area contributed by atoms with Crippen LogP contribution in [0.5, 0.6) is 0 Å². The van der Waals surface area contributed by atoms with Crippen LogP contribution in [0, 0.1) is 10.1 Å². The maximum absolute atomic E-state index is 12.5. The summed E-state index contributed by atoms with van der Waals surface area (Å²) in [5.74, 6) is -3.66. The van der Waals surface area contributed by atoms with E-state index in [2.05, 4.69) is 10.3 Å². The maximum Gasteiger partial charge on any atom is 0.341 e. The maximum atomic E-state index is 12.5. The molecule has 2 N–H and O–H groups in total. The van der Waals surface area contributed by atoms with Crippen LogP contribution in [0.2, 0.25) is 0 Å². The van der Waals surface area contributed by atoms with Crippen LogP contribution in [0.3, 0.4) is 0 Å². The van der Waals surface area contributed by atoms with Gasteiger partial charge in [0.25, 0.3) is 5.69 Å². The number of nitro groups is 1.